The van der Waals surface area contributed by atoms with Crippen LogP contribution in [0.3, 0.4) is 0 Å². The second kappa shape index (κ2) is 6.67. The molecule has 2 unspecified atom stereocenters. The Morgan fingerprint density at radius 3 is 2.70 bits per heavy atom. The highest BCUT2D eigenvalue weighted by Crippen LogP contribution is 2.19. The molecule has 20 heavy (non-hydrogen) atoms. The minimum Gasteiger partial charge on any atom is -0.338 e. The van der Waals surface area contributed by atoms with Gasteiger partial charge in [-0.05, 0) is 32.6 Å². The Bertz CT molecular complexity index is 437. The van der Waals surface area contributed by atoms with Crippen LogP contribution in [0.25, 0.3) is 0 Å². The topological polar surface area (TPSA) is 95.9 Å². The third-order valence-electron chi connectivity index (χ3n) is 3.67. The number of rotatable bonds is 5. The van der Waals surface area contributed by atoms with Gasteiger partial charge in [0.15, 0.2) is 5.82 Å². The lowest BCUT2D eigenvalue weighted by Crippen LogP contribution is -2.31. The fourth-order valence-electron chi connectivity index (χ4n) is 2.51. The lowest BCUT2D eigenvalue weighted by Gasteiger charge is -2.17. The number of aryl methyl sites for hydroxylation is 1. The van der Waals surface area contributed by atoms with Crippen molar-refractivity contribution in [3.8, 4) is 0 Å². The summed E-state index contributed by atoms with van der Waals surface area (Å²) in [5.74, 6) is 1.05. The average Bonchev–Trinajstić information content (AvgIpc) is 2.93. The van der Waals surface area contributed by atoms with Gasteiger partial charge in [-0.2, -0.15) is 0 Å². The van der Waals surface area contributed by atoms with Crippen LogP contribution in [0.4, 0.5) is 10.6 Å². The molecule has 112 valence electrons. The van der Waals surface area contributed by atoms with Gasteiger partial charge in [0.05, 0.1) is 6.20 Å². The van der Waals surface area contributed by atoms with Crippen molar-refractivity contribution in [3.63, 3.8) is 0 Å². The summed E-state index contributed by atoms with van der Waals surface area (Å²) in [6.45, 7) is 5.01. The number of hydrogen-bond acceptors (Lipinski definition) is 5. The van der Waals surface area contributed by atoms with Crippen LogP contribution in [0, 0.1) is 5.92 Å². The number of amides is 2. The van der Waals surface area contributed by atoms with Crippen molar-refractivity contribution in [3.05, 3.63) is 6.20 Å². The van der Waals surface area contributed by atoms with E-state index in [2.05, 4.69) is 45.6 Å². The molecule has 2 amide bonds. The van der Waals surface area contributed by atoms with Crippen molar-refractivity contribution in [2.75, 3.05) is 11.9 Å². The first-order valence-corrected chi connectivity index (χ1v) is 6.98. The Labute approximate surface area is 118 Å². The van der Waals surface area contributed by atoms with Gasteiger partial charge in [0.1, 0.15) is 0 Å². The number of aromatic nitrogens is 3. The number of carbonyl (C=O) groups excluding carboxylic acids is 1. The number of carbonyl (C=O) groups is 1. The largest absolute Gasteiger partial charge is 0.338 e. The Morgan fingerprint density at radius 2 is 2.10 bits per heavy atom. The number of nitrogens with zero attached hydrogens (tertiary/aromatic N) is 3. The minimum absolute atomic E-state index is 0.241. The standard InChI is InChI=1S/C12H23N7O/c1-8-10(9(2)16-15-8)5-4-6-13-12(20)14-11-7-19(3)18-17-11/h7-10,15-16H,4-6H2,1-3H3,(H2,13,14,20). The van der Waals surface area contributed by atoms with Crippen LogP contribution in [0.1, 0.15) is 26.7 Å². The van der Waals surface area contributed by atoms with Gasteiger partial charge in [-0.3, -0.25) is 20.9 Å². The molecule has 4 N–H and O–H groups in total. The summed E-state index contributed by atoms with van der Waals surface area (Å²) in [5.41, 5.74) is 6.47. The van der Waals surface area contributed by atoms with Crippen LogP contribution in [0.15, 0.2) is 6.20 Å². The predicted octanol–water partition coefficient (Wildman–Crippen LogP) is 0.218. The first-order chi connectivity index (χ1) is 9.56. The molecule has 0 aromatic carbocycles. The van der Waals surface area contributed by atoms with Crippen molar-refractivity contribution in [1.82, 2.24) is 31.2 Å². The Morgan fingerprint density at radius 1 is 1.40 bits per heavy atom. The fourth-order valence-corrected chi connectivity index (χ4v) is 2.51. The van der Waals surface area contributed by atoms with E-state index in [0.29, 0.717) is 30.4 Å². The molecule has 1 aromatic heterocycles. The zero-order valence-corrected chi connectivity index (χ0v) is 12.2. The molecule has 8 nitrogen and oxygen atoms in total. The summed E-state index contributed by atoms with van der Waals surface area (Å²) in [4.78, 5) is 11.6. The molecule has 0 radical (unpaired) electrons. The summed E-state index contributed by atoms with van der Waals surface area (Å²) in [5, 5.41) is 13.0. The third-order valence-corrected chi connectivity index (χ3v) is 3.67. The normalized spacial score (nSPS) is 25.6. The molecular weight excluding hydrogens is 258 g/mol. The SMILES string of the molecule is CC1NNC(C)C1CCCNC(=O)Nc1cn(C)nn1. The van der Waals surface area contributed by atoms with Gasteiger partial charge in [0, 0.05) is 25.7 Å². The highest BCUT2D eigenvalue weighted by Gasteiger charge is 2.28. The number of nitrogens with one attached hydrogen (secondary N) is 4. The molecule has 1 saturated heterocycles. The minimum atomic E-state index is -0.241. The molecule has 1 fully saturated rings. The quantitative estimate of drug-likeness (QED) is 0.579. The summed E-state index contributed by atoms with van der Waals surface area (Å²) in [6, 6.07) is 0.700. The maximum absolute atomic E-state index is 11.6. The van der Waals surface area contributed by atoms with Gasteiger partial charge in [-0.1, -0.05) is 5.21 Å². The summed E-state index contributed by atoms with van der Waals surface area (Å²) >= 11 is 0. The van der Waals surface area contributed by atoms with Crippen molar-refractivity contribution < 1.29 is 4.79 Å². The van der Waals surface area contributed by atoms with E-state index in [1.165, 1.54) is 0 Å². The van der Waals surface area contributed by atoms with Crippen LogP contribution in [0.2, 0.25) is 0 Å². The van der Waals surface area contributed by atoms with Gasteiger partial charge >= 0.3 is 6.03 Å². The molecule has 0 saturated carbocycles. The highest BCUT2D eigenvalue weighted by atomic mass is 16.2. The van der Waals surface area contributed by atoms with Crippen molar-refractivity contribution >= 4 is 11.8 Å². The van der Waals surface area contributed by atoms with Crippen LogP contribution in [-0.4, -0.2) is 39.7 Å². The van der Waals surface area contributed by atoms with E-state index in [-0.39, 0.29) is 6.03 Å². The molecule has 1 aliphatic rings. The molecule has 8 heteroatoms. The average molecular weight is 281 g/mol. The van der Waals surface area contributed by atoms with Crippen molar-refractivity contribution in [2.45, 2.75) is 38.8 Å². The fraction of sp³-hybridized carbons (Fsp3) is 0.750. The number of anilines is 1. The lowest BCUT2D eigenvalue weighted by molar-refractivity contribution is 0.251. The molecule has 2 heterocycles. The van der Waals surface area contributed by atoms with Gasteiger partial charge in [0.25, 0.3) is 0 Å². The molecule has 1 aromatic rings. The Balaban J connectivity index is 1.62. The first kappa shape index (κ1) is 14.7. The van der Waals surface area contributed by atoms with Crippen LogP contribution >= 0.6 is 0 Å². The molecule has 0 aliphatic carbocycles. The van der Waals surface area contributed by atoms with E-state index in [4.69, 9.17) is 0 Å². The third kappa shape index (κ3) is 3.91. The van der Waals surface area contributed by atoms with Gasteiger partial charge < -0.3 is 5.32 Å². The summed E-state index contributed by atoms with van der Waals surface area (Å²) in [6.07, 6.45) is 3.68. The number of hydrazine groups is 1. The second-order valence-electron chi connectivity index (χ2n) is 5.33. The molecule has 0 spiro atoms. The van der Waals surface area contributed by atoms with Gasteiger partial charge in [-0.15, -0.1) is 5.10 Å². The van der Waals surface area contributed by atoms with Crippen LogP contribution in [0.5, 0.6) is 0 Å². The molecule has 2 atom stereocenters. The van der Waals surface area contributed by atoms with E-state index in [0.717, 1.165) is 12.8 Å². The second-order valence-corrected chi connectivity index (χ2v) is 5.33. The number of urea groups is 1. The van der Waals surface area contributed by atoms with Crippen molar-refractivity contribution in [2.24, 2.45) is 13.0 Å². The zero-order valence-electron chi connectivity index (χ0n) is 12.2. The Kier molecular flexibility index (Phi) is 4.91. The summed E-state index contributed by atoms with van der Waals surface area (Å²) < 4.78 is 1.54. The highest BCUT2D eigenvalue weighted by molar-refractivity contribution is 5.87. The summed E-state index contributed by atoms with van der Waals surface area (Å²) in [7, 11) is 1.75. The van der Waals surface area contributed by atoms with Gasteiger partial charge in [0.2, 0.25) is 0 Å². The monoisotopic (exact) mass is 281 g/mol. The van der Waals surface area contributed by atoms with E-state index in [1.54, 1.807) is 17.9 Å². The zero-order chi connectivity index (χ0) is 14.5. The Hall–Kier alpha value is -1.67. The van der Waals surface area contributed by atoms with E-state index in [1.807, 2.05) is 0 Å². The lowest BCUT2D eigenvalue weighted by atomic mass is 9.92. The number of hydrogen-bond donors (Lipinski definition) is 4. The maximum Gasteiger partial charge on any atom is 0.320 e. The molecular formula is C12H23N7O. The van der Waals surface area contributed by atoms with E-state index < -0.39 is 0 Å². The van der Waals surface area contributed by atoms with E-state index in [9.17, 15) is 4.79 Å². The molecule has 1 aliphatic heterocycles. The smallest absolute Gasteiger partial charge is 0.320 e. The van der Waals surface area contributed by atoms with Gasteiger partial charge in [-0.25, -0.2) is 4.79 Å². The molecule has 2 rings (SSSR count). The molecule has 0 bridgehead atoms. The predicted molar refractivity (Wildman–Crippen MR) is 75.9 cm³/mol. The maximum atomic E-state index is 11.6. The van der Waals surface area contributed by atoms with E-state index >= 15 is 0 Å². The van der Waals surface area contributed by atoms with Crippen LogP contribution in [-0.2, 0) is 7.05 Å². The van der Waals surface area contributed by atoms with Crippen molar-refractivity contribution in [1.29, 1.82) is 0 Å². The first-order valence-electron chi connectivity index (χ1n) is 6.98. The van der Waals surface area contributed by atoms with Crippen LogP contribution < -0.4 is 21.5 Å².